The SMILES string of the molecule is CN[C@H](CC(=O)OCc1ccccc1)C(=O)O. The highest BCUT2D eigenvalue weighted by Gasteiger charge is 2.19. The van der Waals surface area contributed by atoms with Gasteiger partial charge < -0.3 is 15.2 Å². The van der Waals surface area contributed by atoms with E-state index in [1.165, 1.54) is 7.05 Å². The van der Waals surface area contributed by atoms with Crippen molar-refractivity contribution in [2.45, 2.75) is 19.1 Å². The van der Waals surface area contributed by atoms with Gasteiger partial charge in [0, 0.05) is 0 Å². The molecule has 92 valence electrons. The standard InChI is InChI=1S/C12H15NO4/c1-13-10(12(15)16)7-11(14)17-8-9-5-3-2-4-6-9/h2-6,10,13H,7-8H2,1H3,(H,15,16)/t10-/m1/s1. The topological polar surface area (TPSA) is 75.6 Å². The van der Waals surface area contributed by atoms with Gasteiger partial charge in [-0.05, 0) is 12.6 Å². The minimum Gasteiger partial charge on any atom is -0.480 e. The largest absolute Gasteiger partial charge is 0.480 e. The molecule has 0 saturated heterocycles. The van der Waals surface area contributed by atoms with E-state index in [0.717, 1.165) is 5.56 Å². The molecule has 0 aromatic heterocycles. The fraction of sp³-hybridized carbons (Fsp3) is 0.333. The molecule has 1 aromatic rings. The number of hydrogen-bond acceptors (Lipinski definition) is 4. The maximum absolute atomic E-state index is 11.4. The summed E-state index contributed by atoms with van der Waals surface area (Å²) in [4.78, 5) is 22.0. The Kier molecular flexibility index (Phi) is 5.16. The number of likely N-dealkylation sites (N-methyl/N-ethyl adjacent to an activating group) is 1. The van der Waals surface area contributed by atoms with Crippen molar-refractivity contribution in [1.29, 1.82) is 0 Å². The van der Waals surface area contributed by atoms with Crippen molar-refractivity contribution >= 4 is 11.9 Å². The molecule has 0 spiro atoms. The van der Waals surface area contributed by atoms with Gasteiger partial charge in [0.25, 0.3) is 0 Å². The number of carboxylic acids is 1. The second-order valence-electron chi connectivity index (χ2n) is 3.53. The van der Waals surface area contributed by atoms with Gasteiger partial charge in [-0.1, -0.05) is 30.3 Å². The molecular formula is C12H15NO4. The number of aliphatic carboxylic acids is 1. The summed E-state index contributed by atoms with van der Waals surface area (Å²) in [5.74, 6) is -1.60. The number of nitrogens with one attached hydrogen (secondary N) is 1. The molecule has 0 fully saturated rings. The van der Waals surface area contributed by atoms with Crippen LogP contribution in [0.4, 0.5) is 0 Å². The Morgan fingerprint density at radius 3 is 2.53 bits per heavy atom. The summed E-state index contributed by atoms with van der Waals surface area (Å²) in [6, 6.07) is 8.32. The van der Waals surface area contributed by atoms with E-state index in [1.807, 2.05) is 30.3 Å². The molecule has 0 radical (unpaired) electrons. The van der Waals surface area contributed by atoms with Gasteiger partial charge in [0.15, 0.2) is 0 Å². The van der Waals surface area contributed by atoms with Crippen LogP contribution in [0.5, 0.6) is 0 Å². The van der Waals surface area contributed by atoms with Crippen molar-refractivity contribution in [2.24, 2.45) is 0 Å². The fourth-order valence-corrected chi connectivity index (χ4v) is 1.28. The summed E-state index contributed by atoms with van der Waals surface area (Å²) in [6.45, 7) is 0.162. The van der Waals surface area contributed by atoms with Crippen molar-refractivity contribution in [3.05, 3.63) is 35.9 Å². The predicted octanol–water partition coefficient (Wildman–Crippen LogP) is 0.792. The number of benzene rings is 1. The van der Waals surface area contributed by atoms with Gasteiger partial charge in [-0.25, -0.2) is 0 Å². The van der Waals surface area contributed by atoms with Crippen molar-refractivity contribution in [3.63, 3.8) is 0 Å². The first-order chi connectivity index (χ1) is 8.13. The molecule has 0 unspecified atom stereocenters. The van der Waals surface area contributed by atoms with Crippen molar-refractivity contribution in [1.82, 2.24) is 5.32 Å². The number of hydrogen-bond donors (Lipinski definition) is 2. The summed E-state index contributed by atoms with van der Waals surface area (Å²) in [7, 11) is 1.49. The smallest absolute Gasteiger partial charge is 0.321 e. The number of carbonyl (C=O) groups is 2. The van der Waals surface area contributed by atoms with Gasteiger partial charge in [-0.2, -0.15) is 0 Å². The van der Waals surface area contributed by atoms with E-state index in [1.54, 1.807) is 0 Å². The first kappa shape index (κ1) is 13.2. The molecule has 5 nitrogen and oxygen atoms in total. The lowest BCUT2D eigenvalue weighted by atomic mass is 10.2. The Hall–Kier alpha value is -1.88. The van der Waals surface area contributed by atoms with Gasteiger partial charge >= 0.3 is 11.9 Å². The third-order valence-corrected chi connectivity index (χ3v) is 2.26. The summed E-state index contributed by atoms with van der Waals surface area (Å²) >= 11 is 0. The third-order valence-electron chi connectivity index (χ3n) is 2.26. The first-order valence-corrected chi connectivity index (χ1v) is 5.23. The van der Waals surface area contributed by atoms with Crippen LogP contribution in [0.15, 0.2) is 30.3 Å². The predicted molar refractivity (Wildman–Crippen MR) is 61.3 cm³/mol. The highest BCUT2D eigenvalue weighted by atomic mass is 16.5. The van der Waals surface area contributed by atoms with Gasteiger partial charge in [-0.15, -0.1) is 0 Å². The molecule has 0 aliphatic rings. The summed E-state index contributed by atoms with van der Waals surface area (Å²) in [5, 5.41) is 11.3. The second-order valence-corrected chi connectivity index (χ2v) is 3.53. The minimum atomic E-state index is -1.07. The summed E-state index contributed by atoms with van der Waals surface area (Å²) in [5.41, 5.74) is 0.872. The number of rotatable bonds is 6. The zero-order chi connectivity index (χ0) is 12.7. The molecule has 1 rings (SSSR count). The summed E-state index contributed by atoms with van der Waals surface area (Å²) in [6.07, 6.45) is -0.182. The fourth-order valence-electron chi connectivity index (χ4n) is 1.28. The number of carboxylic acid groups (broad SMARTS) is 1. The number of carbonyl (C=O) groups excluding carboxylic acids is 1. The van der Waals surface area contributed by atoms with Gasteiger partial charge in [0.1, 0.15) is 12.6 Å². The van der Waals surface area contributed by atoms with Gasteiger partial charge in [0.05, 0.1) is 6.42 Å². The second kappa shape index (κ2) is 6.65. The average molecular weight is 237 g/mol. The molecule has 1 aromatic carbocycles. The normalized spacial score (nSPS) is 11.8. The van der Waals surface area contributed by atoms with Crippen LogP contribution in [-0.2, 0) is 20.9 Å². The zero-order valence-electron chi connectivity index (χ0n) is 9.55. The van der Waals surface area contributed by atoms with Crippen LogP contribution in [0.1, 0.15) is 12.0 Å². The molecule has 0 saturated carbocycles. The molecule has 17 heavy (non-hydrogen) atoms. The van der Waals surface area contributed by atoms with Crippen LogP contribution >= 0.6 is 0 Å². The zero-order valence-corrected chi connectivity index (χ0v) is 9.55. The molecule has 2 N–H and O–H groups in total. The van der Waals surface area contributed by atoms with Crippen molar-refractivity contribution in [3.8, 4) is 0 Å². The Labute approximate surface area is 99.4 Å². The lowest BCUT2D eigenvalue weighted by molar-refractivity contribution is -0.150. The highest BCUT2D eigenvalue weighted by molar-refractivity contribution is 5.81. The molecule has 5 heteroatoms. The van der Waals surface area contributed by atoms with E-state index >= 15 is 0 Å². The van der Waals surface area contributed by atoms with Crippen LogP contribution in [0.2, 0.25) is 0 Å². The highest BCUT2D eigenvalue weighted by Crippen LogP contribution is 2.03. The van der Waals surface area contributed by atoms with E-state index in [9.17, 15) is 9.59 Å². The Bertz CT molecular complexity index is 377. The van der Waals surface area contributed by atoms with Gasteiger partial charge in [0.2, 0.25) is 0 Å². The first-order valence-electron chi connectivity index (χ1n) is 5.23. The Balaban J connectivity index is 2.37. The Morgan fingerprint density at radius 2 is 2.00 bits per heavy atom. The lowest BCUT2D eigenvalue weighted by Gasteiger charge is -2.10. The molecule has 0 aliphatic heterocycles. The minimum absolute atomic E-state index is 0.162. The number of ether oxygens (including phenoxy) is 1. The van der Waals surface area contributed by atoms with E-state index in [4.69, 9.17) is 9.84 Å². The van der Waals surface area contributed by atoms with Crippen LogP contribution in [0.25, 0.3) is 0 Å². The average Bonchev–Trinajstić information content (AvgIpc) is 2.34. The molecule has 0 heterocycles. The molecule has 1 atom stereocenters. The molecule has 0 amide bonds. The van der Waals surface area contributed by atoms with Crippen LogP contribution < -0.4 is 5.32 Å². The van der Waals surface area contributed by atoms with E-state index < -0.39 is 18.0 Å². The van der Waals surface area contributed by atoms with E-state index in [0.29, 0.717) is 0 Å². The van der Waals surface area contributed by atoms with E-state index in [-0.39, 0.29) is 13.0 Å². The third kappa shape index (κ3) is 4.65. The van der Waals surface area contributed by atoms with Crippen LogP contribution in [0, 0.1) is 0 Å². The quantitative estimate of drug-likeness (QED) is 0.715. The van der Waals surface area contributed by atoms with Crippen LogP contribution in [-0.4, -0.2) is 30.1 Å². The summed E-state index contributed by atoms with van der Waals surface area (Å²) < 4.78 is 4.97. The monoisotopic (exact) mass is 237 g/mol. The van der Waals surface area contributed by atoms with E-state index in [2.05, 4.69) is 5.32 Å². The maximum Gasteiger partial charge on any atom is 0.321 e. The number of esters is 1. The van der Waals surface area contributed by atoms with Crippen molar-refractivity contribution < 1.29 is 19.4 Å². The Morgan fingerprint density at radius 1 is 1.35 bits per heavy atom. The lowest BCUT2D eigenvalue weighted by Crippen LogP contribution is -2.36. The molecule has 0 bridgehead atoms. The van der Waals surface area contributed by atoms with Crippen LogP contribution in [0.3, 0.4) is 0 Å². The maximum atomic E-state index is 11.4. The van der Waals surface area contributed by atoms with Gasteiger partial charge in [-0.3, -0.25) is 9.59 Å². The molecule has 0 aliphatic carbocycles. The molecular weight excluding hydrogens is 222 g/mol. The van der Waals surface area contributed by atoms with Crippen molar-refractivity contribution in [2.75, 3.05) is 7.05 Å².